The first-order chi connectivity index (χ1) is 14.7. The molecule has 3 aromatic carbocycles. The highest BCUT2D eigenvalue weighted by atomic mass is 79.9. The molecule has 0 aliphatic heterocycles. The molecule has 0 bridgehead atoms. The minimum absolute atomic E-state index is 0. The predicted octanol–water partition coefficient (Wildman–Crippen LogP) is 2.80. The van der Waals surface area contributed by atoms with E-state index < -0.39 is 13.2 Å². The summed E-state index contributed by atoms with van der Waals surface area (Å²) >= 11 is 0. The number of carboxylic acids is 1. The van der Waals surface area contributed by atoms with E-state index in [9.17, 15) is 4.79 Å². The monoisotopic (exact) mass is 498 g/mol. The Bertz CT molecular complexity index is 788. The molecule has 0 unspecified atom stereocenters. The molecule has 0 amide bonds. The fourth-order valence-corrected chi connectivity index (χ4v) is 8.62. The lowest BCUT2D eigenvalue weighted by molar-refractivity contribution is -0.137. The van der Waals surface area contributed by atoms with Crippen LogP contribution < -0.4 is 32.9 Å². The van der Waals surface area contributed by atoms with E-state index >= 15 is 0 Å². The third-order valence-corrected chi connectivity index (χ3v) is 10.3. The molecule has 2 nitrogen and oxygen atoms in total. The first-order valence-corrected chi connectivity index (χ1v) is 13.0. The Kier molecular flexibility index (Phi) is 11.0. The van der Waals surface area contributed by atoms with Gasteiger partial charge in [-0.1, -0.05) is 73.9 Å². The highest BCUT2D eigenvalue weighted by Crippen LogP contribution is 2.55. The number of unbranched alkanes of at least 4 members (excludes halogenated alkanes) is 5. The third-order valence-electron chi connectivity index (χ3n) is 5.73. The van der Waals surface area contributed by atoms with Gasteiger partial charge in [0.05, 0.1) is 6.16 Å². The molecule has 3 aromatic rings. The molecule has 0 aromatic heterocycles. The highest BCUT2D eigenvalue weighted by molar-refractivity contribution is 7.95. The van der Waals surface area contributed by atoms with E-state index in [1.807, 2.05) is 0 Å². The normalized spacial score (nSPS) is 11.0. The van der Waals surface area contributed by atoms with Crippen molar-refractivity contribution >= 4 is 29.1 Å². The summed E-state index contributed by atoms with van der Waals surface area (Å²) in [6.45, 7) is 0. The van der Waals surface area contributed by atoms with E-state index in [-0.39, 0.29) is 17.0 Å². The van der Waals surface area contributed by atoms with Crippen LogP contribution in [0.5, 0.6) is 0 Å². The quantitative estimate of drug-likeness (QED) is 0.308. The average molecular weight is 499 g/mol. The molecule has 0 fully saturated rings. The molecule has 0 spiro atoms. The number of benzene rings is 3. The topological polar surface area (TPSA) is 37.3 Å². The molecule has 4 heteroatoms. The zero-order valence-corrected chi connectivity index (χ0v) is 20.5. The molecule has 1 N–H and O–H groups in total. The van der Waals surface area contributed by atoms with Gasteiger partial charge in [-0.2, -0.15) is 0 Å². The van der Waals surface area contributed by atoms with Crippen LogP contribution in [0.3, 0.4) is 0 Å². The summed E-state index contributed by atoms with van der Waals surface area (Å²) in [5, 5.41) is 13.1. The lowest BCUT2D eigenvalue weighted by Gasteiger charge is -2.27. The summed E-state index contributed by atoms with van der Waals surface area (Å²) in [6, 6.07) is 33.1. The minimum Gasteiger partial charge on any atom is -1.00 e. The van der Waals surface area contributed by atoms with Crippen molar-refractivity contribution in [2.75, 3.05) is 6.16 Å². The fourth-order valence-electron chi connectivity index (χ4n) is 4.21. The second kappa shape index (κ2) is 13.5. The average Bonchev–Trinajstić information content (AvgIpc) is 2.80. The Morgan fingerprint density at radius 1 is 0.581 bits per heavy atom. The van der Waals surface area contributed by atoms with E-state index in [2.05, 4.69) is 91.0 Å². The maximum absolute atomic E-state index is 10.7. The second-order valence-electron chi connectivity index (χ2n) is 7.81. The third kappa shape index (κ3) is 7.02. The van der Waals surface area contributed by atoms with Crippen LogP contribution in [0.4, 0.5) is 0 Å². The lowest BCUT2D eigenvalue weighted by atomic mass is 10.1. The van der Waals surface area contributed by atoms with Crippen molar-refractivity contribution in [2.24, 2.45) is 0 Å². The summed E-state index contributed by atoms with van der Waals surface area (Å²) in [6.07, 6.45) is 7.96. The van der Waals surface area contributed by atoms with Crippen LogP contribution in [0.15, 0.2) is 91.0 Å². The number of carboxylic acid groups (broad SMARTS) is 1. The SMILES string of the molecule is O=C(O)CCCCCCCC[P+](c1ccccc1)(c1ccccc1)c1ccccc1.[Br-]. The molecule has 0 aliphatic rings. The van der Waals surface area contributed by atoms with Crippen molar-refractivity contribution in [2.45, 2.75) is 44.9 Å². The predicted molar refractivity (Wildman–Crippen MR) is 130 cm³/mol. The highest BCUT2D eigenvalue weighted by Gasteiger charge is 2.44. The van der Waals surface area contributed by atoms with Crippen LogP contribution in [-0.2, 0) is 4.79 Å². The molecule has 0 saturated heterocycles. The Hall–Kier alpha value is -1.96. The number of hydrogen-bond acceptors (Lipinski definition) is 1. The van der Waals surface area contributed by atoms with Gasteiger partial charge in [0.2, 0.25) is 0 Å². The van der Waals surface area contributed by atoms with Gasteiger partial charge in [0.1, 0.15) is 23.2 Å². The van der Waals surface area contributed by atoms with Gasteiger partial charge < -0.3 is 22.1 Å². The van der Waals surface area contributed by atoms with E-state index in [4.69, 9.17) is 5.11 Å². The van der Waals surface area contributed by atoms with Crippen LogP contribution in [0.1, 0.15) is 44.9 Å². The van der Waals surface area contributed by atoms with Crippen molar-refractivity contribution in [3.63, 3.8) is 0 Å². The van der Waals surface area contributed by atoms with Gasteiger partial charge in [0, 0.05) is 6.42 Å². The second-order valence-corrected chi connectivity index (χ2v) is 11.4. The Labute approximate surface area is 197 Å². The van der Waals surface area contributed by atoms with E-state index in [1.54, 1.807) is 0 Å². The Morgan fingerprint density at radius 2 is 0.935 bits per heavy atom. The molecule has 0 heterocycles. The maximum Gasteiger partial charge on any atom is 0.303 e. The zero-order chi connectivity index (χ0) is 21.1. The van der Waals surface area contributed by atoms with Gasteiger partial charge in [-0.3, -0.25) is 4.79 Å². The summed E-state index contributed by atoms with van der Waals surface area (Å²) in [5.41, 5.74) is 0. The minimum atomic E-state index is -1.71. The molecule has 0 saturated carbocycles. The van der Waals surface area contributed by atoms with Gasteiger partial charge in [-0.05, 0) is 55.7 Å². The number of halogens is 1. The Morgan fingerprint density at radius 3 is 1.32 bits per heavy atom. The molecule has 3 rings (SSSR count). The molecule has 31 heavy (non-hydrogen) atoms. The Balaban J connectivity index is 0.00000341. The van der Waals surface area contributed by atoms with Gasteiger partial charge in [-0.25, -0.2) is 0 Å². The summed E-state index contributed by atoms with van der Waals surface area (Å²) in [7, 11) is -1.71. The standard InChI is InChI=1S/C27H31O2P.BrH/c28-27(29)22-14-3-1-2-4-15-23-30(24-16-8-5-9-17-24,25-18-10-6-11-19-25)26-20-12-7-13-21-26;/h5-13,16-21H,1-4,14-15,22-23H2;1H. The number of carbonyl (C=O) groups is 1. The van der Waals surface area contributed by atoms with Crippen molar-refractivity contribution in [3.8, 4) is 0 Å². The van der Waals surface area contributed by atoms with Crippen molar-refractivity contribution in [3.05, 3.63) is 91.0 Å². The largest absolute Gasteiger partial charge is 1.00 e. The van der Waals surface area contributed by atoms with Crippen LogP contribution in [-0.4, -0.2) is 17.2 Å². The van der Waals surface area contributed by atoms with Crippen molar-refractivity contribution in [1.29, 1.82) is 0 Å². The molecular weight excluding hydrogens is 467 g/mol. The van der Waals surface area contributed by atoms with Crippen molar-refractivity contribution < 1.29 is 26.9 Å². The maximum atomic E-state index is 10.7. The van der Waals surface area contributed by atoms with Gasteiger partial charge in [-0.15, -0.1) is 0 Å². The number of hydrogen-bond donors (Lipinski definition) is 1. The van der Waals surface area contributed by atoms with E-state index in [1.165, 1.54) is 41.3 Å². The summed E-state index contributed by atoms with van der Waals surface area (Å²) in [4.78, 5) is 10.7. The number of rotatable bonds is 12. The van der Waals surface area contributed by atoms with Gasteiger partial charge in [0.15, 0.2) is 0 Å². The van der Waals surface area contributed by atoms with Gasteiger partial charge in [0.25, 0.3) is 0 Å². The first-order valence-electron chi connectivity index (χ1n) is 11.0. The van der Waals surface area contributed by atoms with Crippen LogP contribution in [0, 0.1) is 0 Å². The first kappa shape index (κ1) is 25.3. The van der Waals surface area contributed by atoms with Crippen LogP contribution in [0.25, 0.3) is 0 Å². The smallest absolute Gasteiger partial charge is 0.303 e. The number of aliphatic carboxylic acids is 1. The molecule has 0 radical (unpaired) electrons. The molecule has 0 aliphatic carbocycles. The molecule has 164 valence electrons. The molecule has 0 atom stereocenters. The van der Waals surface area contributed by atoms with Crippen molar-refractivity contribution in [1.82, 2.24) is 0 Å². The van der Waals surface area contributed by atoms with Crippen LogP contribution in [0.2, 0.25) is 0 Å². The molecular formula is C27H32BrO2P. The lowest BCUT2D eigenvalue weighted by Crippen LogP contribution is -3.00. The summed E-state index contributed by atoms with van der Waals surface area (Å²) in [5.74, 6) is -0.682. The van der Waals surface area contributed by atoms with E-state index in [0.29, 0.717) is 6.42 Å². The van der Waals surface area contributed by atoms with E-state index in [0.717, 1.165) is 19.3 Å². The summed E-state index contributed by atoms with van der Waals surface area (Å²) < 4.78 is 0. The van der Waals surface area contributed by atoms with Crippen LogP contribution >= 0.6 is 7.26 Å². The fraction of sp³-hybridized carbons (Fsp3) is 0.296. The zero-order valence-electron chi connectivity index (χ0n) is 18.0. The van der Waals surface area contributed by atoms with Gasteiger partial charge >= 0.3 is 5.97 Å².